The molecule has 0 aliphatic rings. The zero-order valence-corrected chi connectivity index (χ0v) is 28.8. The summed E-state index contributed by atoms with van der Waals surface area (Å²) in [5.41, 5.74) is 0.00921. The van der Waals surface area contributed by atoms with Crippen LogP contribution in [0.15, 0.2) is 112 Å². The summed E-state index contributed by atoms with van der Waals surface area (Å²) in [6, 6.07) is 18.5. The topological polar surface area (TPSA) is 235 Å². The number of sulfone groups is 2. The van der Waals surface area contributed by atoms with Crippen LogP contribution in [0.5, 0.6) is 0 Å². The van der Waals surface area contributed by atoms with Crippen LogP contribution in [-0.4, -0.2) is 67.1 Å². The van der Waals surface area contributed by atoms with Crippen LogP contribution in [0.4, 0.5) is 5.69 Å². The van der Waals surface area contributed by atoms with E-state index in [9.17, 15) is 52.4 Å². The lowest BCUT2D eigenvalue weighted by molar-refractivity contribution is 0.0969. The summed E-state index contributed by atoms with van der Waals surface area (Å²) in [4.78, 5) is 24.5. The lowest BCUT2D eigenvalue weighted by Crippen LogP contribution is -2.18. The van der Waals surface area contributed by atoms with E-state index in [1.165, 1.54) is 72.8 Å². The molecule has 18 heteroatoms. The molecule has 14 nitrogen and oxygen atoms in total. The maximum atomic E-state index is 13.0. The largest absolute Gasteiger partial charge is 0.328 e. The summed E-state index contributed by atoms with van der Waals surface area (Å²) in [5.74, 6) is -1.72. The van der Waals surface area contributed by atoms with E-state index in [1.807, 2.05) is 0 Å². The molecular formula is C31H28N2O12S4. The van der Waals surface area contributed by atoms with Crippen molar-refractivity contribution in [2.24, 2.45) is 0 Å². The number of carbonyl (C=O) groups excluding carboxylic acids is 2. The molecule has 0 fully saturated rings. The Kier molecular flexibility index (Phi) is 10.6. The number of amides is 2. The van der Waals surface area contributed by atoms with Crippen LogP contribution in [0.25, 0.3) is 5.57 Å². The van der Waals surface area contributed by atoms with Gasteiger partial charge in [-0.2, -0.15) is 16.8 Å². The first kappa shape index (κ1) is 37.1. The number of hydrogen-bond donors (Lipinski definition) is 4. The molecule has 0 aromatic heterocycles. The number of nitrogens with one attached hydrogen (secondary N) is 2. The highest BCUT2D eigenvalue weighted by atomic mass is 32.2. The van der Waals surface area contributed by atoms with Gasteiger partial charge < -0.3 is 10.6 Å². The Morgan fingerprint density at radius 2 is 1.24 bits per heavy atom. The summed E-state index contributed by atoms with van der Waals surface area (Å²) in [5, 5.41) is 4.91. The Morgan fingerprint density at radius 1 is 0.653 bits per heavy atom. The third-order valence-corrected chi connectivity index (χ3v) is 10.5. The fraction of sp³-hybridized carbons (Fsp3) is 0.0968. The van der Waals surface area contributed by atoms with E-state index in [4.69, 9.17) is 0 Å². The zero-order chi connectivity index (χ0) is 36.4. The van der Waals surface area contributed by atoms with Gasteiger partial charge in [0.05, 0.1) is 15.5 Å². The van der Waals surface area contributed by atoms with Gasteiger partial charge in [0.15, 0.2) is 19.7 Å². The molecule has 4 aromatic rings. The maximum Gasteiger partial charge on any atom is 0.295 e. The highest BCUT2D eigenvalue weighted by Crippen LogP contribution is 2.32. The quantitative estimate of drug-likeness (QED) is 0.162. The second kappa shape index (κ2) is 14.0. The minimum absolute atomic E-state index is 0.00658. The molecule has 0 unspecified atom stereocenters. The predicted octanol–water partition coefficient (Wildman–Crippen LogP) is 3.20. The standard InChI is InChI=1S/C31H28N2O12S4/c1-46(36,37)19-20-6-8-22(9-7-20)31(35)33-24-12-15-27(29(17-24)49(43,44)45)28(23-4-3-5-26(16-23)48(40,41)42)18-32-30(34)21-10-13-25(14-11-21)47(2,38)39/h3-18H,19H2,1-2H3,(H,32,34)(H,33,35)(H,40,41,42)(H,43,44,45)/b28-18+. The first-order valence-corrected chi connectivity index (χ1v) is 20.5. The average molecular weight is 749 g/mol. The van der Waals surface area contributed by atoms with Crippen molar-refractivity contribution in [3.8, 4) is 0 Å². The van der Waals surface area contributed by atoms with Gasteiger partial charge in [-0.25, -0.2) is 16.8 Å². The van der Waals surface area contributed by atoms with Gasteiger partial charge in [-0.15, -0.1) is 0 Å². The van der Waals surface area contributed by atoms with Crippen LogP contribution in [0.1, 0.15) is 37.4 Å². The number of carbonyl (C=O) groups is 2. The minimum atomic E-state index is -5.07. The first-order chi connectivity index (χ1) is 22.6. The van der Waals surface area contributed by atoms with Crippen molar-refractivity contribution in [2.75, 3.05) is 17.8 Å². The molecule has 0 saturated heterocycles. The highest BCUT2D eigenvalue weighted by molar-refractivity contribution is 7.90. The molecule has 4 N–H and O–H groups in total. The zero-order valence-electron chi connectivity index (χ0n) is 25.6. The number of benzene rings is 4. The van der Waals surface area contributed by atoms with Gasteiger partial charge in [0, 0.05) is 46.7 Å². The van der Waals surface area contributed by atoms with E-state index in [0.717, 1.165) is 36.9 Å². The molecular weight excluding hydrogens is 721 g/mol. The minimum Gasteiger partial charge on any atom is -0.328 e. The van der Waals surface area contributed by atoms with Crippen LogP contribution >= 0.6 is 0 Å². The van der Waals surface area contributed by atoms with Gasteiger partial charge in [0.1, 0.15) is 4.90 Å². The number of anilines is 1. The summed E-state index contributed by atoms with van der Waals surface area (Å²) < 4.78 is 116. The van der Waals surface area contributed by atoms with Crippen molar-refractivity contribution in [2.45, 2.75) is 20.4 Å². The molecule has 258 valence electrons. The molecule has 0 aliphatic heterocycles. The SMILES string of the molecule is CS(=O)(=O)Cc1ccc(C(=O)Nc2ccc(/C(=C/NC(=O)c3ccc(S(C)(=O)=O)cc3)c3cccc(S(=O)(=O)O)c3)c(S(=O)(=O)O)c2)cc1. The second-order valence-corrected chi connectivity index (χ2v) is 17.7. The van der Waals surface area contributed by atoms with Gasteiger partial charge >= 0.3 is 0 Å². The van der Waals surface area contributed by atoms with Gasteiger partial charge in [0.25, 0.3) is 32.1 Å². The van der Waals surface area contributed by atoms with Gasteiger partial charge in [-0.05, 0) is 71.8 Å². The normalized spacial score (nSPS) is 12.7. The van der Waals surface area contributed by atoms with Gasteiger partial charge in [-0.1, -0.05) is 30.3 Å². The van der Waals surface area contributed by atoms with E-state index in [-0.39, 0.29) is 44.2 Å². The van der Waals surface area contributed by atoms with E-state index in [0.29, 0.717) is 5.56 Å². The molecule has 0 aliphatic carbocycles. The van der Waals surface area contributed by atoms with E-state index in [2.05, 4.69) is 10.6 Å². The fourth-order valence-electron chi connectivity index (χ4n) is 4.51. The summed E-state index contributed by atoms with van der Waals surface area (Å²) in [7, 11) is -16.7. The molecule has 0 atom stereocenters. The molecule has 2 amide bonds. The third-order valence-electron chi connectivity index (χ3n) is 6.79. The molecule has 49 heavy (non-hydrogen) atoms. The van der Waals surface area contributed by atoms with Crippen molar-refractivity contribution >= 4 is 63.0 Å². The lowest BCUT2D eigenvalue weighted by atomic mass is 9.98. The predicted molar refractivity (Wildman–Crippen MR) is 180 cm³/mol. The molecule has 0 bridgehead atoms. The number of rotatable bonds is 11. The average Bonchev–Trinajstić information content (AvgIpc) is 3.00. The molecule has 0 radical (unpaired) electrons. The molecule has 0 spiro atoms. The molecule has 0 saturated carbocycles. The lowest BCUT2D eigenvalue weighted by Gasteiger charge is -2.15. The van der Waals surface area contributed by atoms with E-state index >= 15 is 0 Å². The maximum absolute atomic E-state index is 13.0. The Bertz CT molecular complexity index is 2420. The molecule has 4 rings (SSSR count). The van der Waals surface area contributed by atoms with Crippen molar-refractivity contribution in [1.82, 2.24) is 5.32 Å². The number of hydrogen-bond acceptors (Lipinski definition) is 10. The van der Waals surface area contributed by atoms with Gasteiger partial charge in [-0.3, -0.25) is 18.7 Å². The second-order valence-electron chi connectivity index (χ2n) is 10.7. The van der Waals surface area contributed by atoms with Crippen molar-refractivity contribution < 1.29 is 52.4 Å². The Balaban J connectivity index is 1.76. The third kappa shape index (κ3) is 9.91. The first-order valence-electron chi connectivity index (χ1n) is 13.7. The Morgan fingerprint density at radius 3 is 1.80 bits per heavy atom. The van der Waals surface area contributed by atoms with Crippen molar-refractivity contribution in [3.05, 3.63) is 125 Å². The van der Waals surface area contributed by atoms with Crippen molar-refractivity contribution in [3.63, 3.8) is 0 Å². The van der Waals surface area contributed by atoms with Crippen molar-refractivity contribution in [1.29, 1.82) is 0 Å². The Hall–Kier alpha value is -4.72. The van der Waals surface area contributed by atoms with Gasteiger partial charge in [0.2, 0.25) is 0 Å². The van der Waals surface area contributed by atoms with Crippen LogP contribution < -0.4 is 10.6 Å². The summed E-state index contributed by atoms with van der Waals surface area (Å²) in [6.45, 7) is 0. The van der Waals surface area contributed by atoms with Crippen LogP contribution in [0, 0.1) is 0 Å². The van der Waals surface area contributed by atoms with Crippen LogP contribution in [-0.2, 0) is 45.7 Å². The molecule has 4 aromatic carbocycles. The fourth-order valence-corrected chi connectivity index (χ4v) is 7.20. The van der Waals surface area contributed by atoms with E-state index in [1.54, 1.807) is 0 Å². The summed E-state index contributed by atoms with van der Waals surface area (Å²) in [6.07, 6.45) is 3.07. The van der Waals surface area contributed by atoms with Crippen LogP contribution in [0.2, 0.25) is 0 Å². The van der Waals surface area contributed by atoms with Crippen LogP contribution in [0.3, 0.4) is 0 Å². The smallest absolute Gasteiger partial charge is 0.295 e. The monoisotopic (exact) mass is 748 g/mol. The molecule has 0 heterocycles. The highest BCUT2D eigenvalue weighted by Gasteiger charge is 2.23. The summed E-state index contributed by atoms with van der Waals surface area (Å²) >= 11 is 0. The van der Waals surface area contributed by atoms with E-state index < -0.39 is 61.5 Å². The Labute approximate surface area is 282 Å².